The van der Waals surface area contributed by atoms with Gasteiger partial charge in [0.05, 0.1) is 0 Å². The molecule has 0 aliphatic heterocycles. The van der Waals surface area contributed by atoms with Crippen LogP contribution in [0.25, 0.3) is 0 Å². The van der Waals surface area contributed by atoms with Crippen LogP contribution in [0.3, 0.4) is 0 Å². The number of nitrogens with one attached hydrogen (secondary N) is 2. The lowest BCUT2D eigenvalue weighted by molar-refractivity contribution is 0.0285. The number of aliphatic imine (C=N–C) groups is 1. The van der Waals surface area contributed by atoms with Crippen molar-refractivity contribution in [3.8, 4) is 0 Å². The summed E-state index contributed by atoms with van der Waals surface area (Å²) in [6.07, 6.45) is -0.318. The minimum absolute atomic E-state index is 0.318. The van der Waals surface area contributed by atoms with Gasteiger partial charge in [0.15, 0.2) is 5.96 Å². The predicted octanol–water partition coefficient (Wildman–Crippen LogP) is 2.35. The van der Waals surface area contributed by atoms with Gasteiger partial charge in [-0.1, -0.05) is 24.3 Å². The third-order valence-corrected chi connectivity index (χ3v) is 3.07. The third-order valence-electron chi connectivity index (χ3n) is 3.07. The molecule has 0 fully saturated rings. The van der Waals surface area contributed by atoms with Crippen molar-refractivity contribution >= 4 is 12.1 Å². The zero-order valence-electron chi connectivity index (χ0n) is 14.9. The molecule has 0 atom stereocenters. The minimum Gasteiger partial charge on any atom is -0.444 e. The van der Waals surface area contributed by atoms with Crippen LogP contribution in [0.4, 0.5) is 4.79 Å². The van der Waals surface area contributed by atoms with Gasteiger partial charge in [0.2, 0.25) is 0 Å². The van der Waals surface area contributed by atoms with Crippen LogP contribution in [0, 0.1) is 0 Å². The molecule has 0 bridgehead atoms. The van der Waals surface area contributed by atoms with Crippen molar-refractivity contribution in [2.75, 3.05) is 21.1 Å². The summed E-state index contributed by atoms with van der Waals surface area (Å²) in [7, 11) is 5.29. The molecule has 6 heteroatoms. The molecule has 1 rings (SSSR count). The Labute approximate surface area is 138 Å². The first-order valence-corrected chi connectivity index (χ1v) is 7.65. The van der Waals surface area contributed by atoms with E-state index in [2.05, 4.69) is 15.6 Å². The fraction of sp³-hybridized carbons (Fsp3) is 0.529. The zero-order chi connectivity index (χ0) is 17.5. The van der Waals surface area contributed by atoms with Crippen molar-refractivity contribution in [2.24, 2.45) is 4.99 Å². The molecule has 0 saturated heterocycles. The highest BCUT2D eigenvalue weighted by Gasteiger charge is 2.19. The van der Waals surface area contributed by atoms with Crippen LogP contribution in [0.5, 0.6) is 0 Å². The van der Waals surface area contributed by atoms with Crippen molar-refractivity contribution in [3.63, 3.8) is 0 Å². The number of carbonyl (C=O) groups is 1. The van der Waals surface area contributed by atoms with E-state index in [-0.39, 0.29) is 6.09 Å². The largest absolute Gasteiger partial charge is 0.444 e. The molecule has 1 amide bonds. The molecule has 0 radical (unpaired) electrons. The number of hydrogen-bond acceptors (Lipinski definition) is 3. The quantitative estimate of drug-likeness (QED) is 0.660. The van der Waals surface area contributed by atoms with Crippen molar-refractivity contribution in [3.05, 3.63) is 35.4 Å². The average Bonchev–Trinajstić information content (AvgIpc) is 2.48. The van der Waals surface area contributed by atoms with Crippen molar-refractivity contribution in [1.82, 2.24) is 15.5 Å². The van der Waals surface area contributed by atoms with E-state index >= 15 is 0 Å². The van der Waals surface area contributed by atoms with Gasteiger partial charge < -0.3 is 20.3 Å². The van der Waals surface area contributed by atoms with E-state index in [0.717, 1.165) is 17.1 Å². The van der Waals surface area contributed by atoms with E-state index in [1.807, 2.05) is 52.1 Å². The van der Waals surface area contributed by atoms with Gasteiger partial charge >= 0.3 is 6.09 Å². The van der Waals surface area contributed by atoms with E-state index in [9.17, 15) is 4.79 Å². The Morgan fingerprint density at radius 1 is 1.22 bits per heavy atom. The van der Waals surface area contributed by atoms with Crippen molar-refractivity contribution in [1.29, 1.82) is 0 Å². The maximum absolute atomic E-state index is 11.9. The molecule has 6 nitrogen and oxygen atoms in total. The molecule has 23 heavy (non-hydrogen) atoms. The number of ether oxygens (including phenoxy) is 1. The van der Waals surface area contributed by atoms with Crippen LogP contribution >= 0.6 is 0 Å². The number of nitrogens with zero attached hydrogens (tertiary/aromatic N) is 2. The summed E-state index contributed by atoms with van der Waals surface area (Å²) in [6.45, 7) is 6.79. The summed E-state index contributed by atoms with van der Waals surface area (Å²) >= 11 is 0. The van der Waals surface area contributed by atoms with Crippen LogP contribution < -0.4 is 10.6 Å². The van der Waals surface area contributed by atoms with Gasteiger partial charge in [-0.2, -0.15) is 0 Å². The maximum atomic E-state index is 11.9. The fourth-order valence-electron chi connectivity index (χ4n) is 1.91. The van der Waals surface area contributed by atoms with Gasteiger partial charge in [0.1, 0.15) is 5.60 Å². The van der Waals surface area contributed by atoms with Crippen molar-refractivity contribution in [2.45, 2.75) is 39.5 Å². The van der Waals surface area contributed by atoms with Gasteiger partial charge in [-0.05, 0) is 31.9 Å². The summed E-state index contributed by atoms with van der Waals surface area (Å²) in [5.74, 6) is 0.749. The molecule has 0 aliphatic rings. The number of benzene rings is 1. The standard InChI is InChI=1S/C17H28N4O2/c1-17(2,3)23-16(22)21(6)12-14-9-7-13(8-10-14)11-20-15(18-4)19-5/h7-10H,11-12H2,1-6H3,(H2,18,19,20). The second-order valence-electron chi connectivity index (χ2n) is 6.33. The lowest BCUT2D eigenvalue weighted by atomic mass is 10.1. The van der Waals surface area contributed by atoms with E-state index < -0.39 is 5.60 Å². The Morgan fingerprint density at radius 2 is 1.78 bits per heavy atom. The van der Waals surface area contributed by atoms with Crippen LogP contribution in [0.1, 0.15) is 31.9 Å². The van der Waals surface area contributed by atoms with E-state index in [1.54, 1.807) is 19.0 Å². The van der Waals surface area contributed by atoms with Gasteiger partial charge in [0, 0.05) is 34.2 Å². The summed E-state index contributed by atoms with van der Waals surface area (Å²) in [5, 5.41) is 6.17. The average molecular weight is 320 g/mol. The number of rotatable bonds is 4. The Balaban J connectivity index is 2.55. The number of carbonyl (C=O) groups excluding carboxylic acids is 1. The van der Waals surface area contributed by atoms with Crippen LogP contribution in [0.15, 0.2) is 29.3 Å². The second-order valence-corrected chi connectivity index (χ2v) is 6.33. The van der Waals surface area contributed by atoms with E-state index in [1.165, 1.54) is 0 Å². The molecule has 1 aromatic carbocycles. The molecule has 1 aromatic rings. The van der Waals surface area contributed by atoms with Crippen LogP contribution in [0.2, 0.25) is 0 Å². The molecule has 2 N–H and O–H groups in total. The first kappa shape index (κ1) is 18.8. The van der Waals surface area contributed by atoms with Crippen molar-refractivity contribution < 1.29 is 9.53 Å². The number of guanidine groups is 1. The third kappa shape index (κ3) is 7.04. The lowest BCUT2D eigenvalue weighted by Crippen LogP contribution is -2.34. The normalized spacial score (nSPS) is 11.8. The van der Waals surface area contributed by atoms with Gasteiger partial charge in [-0.15, -0.1) is 0 Å². The van der Waals surface area contributed by atoms with Gasteiger partial charge in [-0.25, -0.2) is 4.79 Å². The number of hydrogen-bond donors (Lipinski definition) is 2. The summed E-state index contributed by atoms with van der Waals surface area (Å²) in [4.78, 5) is 17.6. The smallest absolute Gasteiger partial charge is 0.410 e. The molecule has 0 heterocycles. The first-order valence-electron chi connectivity index (χ1n) is 7.65. The minimum atomic E-state index is -0.479. The van der Waals surface area contributed by atoms with Crippen LogP contribution in [-0.2, 0) is 17.8 Å². The van der Waals surface area contributed by atoms with Gasteiger partial charge in [0.25, 0.3) is 0 Å². The lowest BCUT2D eigenvalue weighted by Gasteiger charge is -2.24. The fourth-order valence-corrected chi connectivity index (χ4v) is 1.91. The second kappa shape index (κ2) is 8.41. The Hall–Kier alpha value is -2.24. The summed E-state index contributed by atoms with van der Waals surface area (Å²) in [6, 6.07) is 8.10. The Morgan fingerprint density at radius 3 is 2.26 bits per heavy atom. The topological polar surface area (TPSA) is 66.0 Å². The highest BCUT2D eigenvalue weighted by atomic mass is 16.6. The summed E-state index contributed by atoms with van der Waals surface area (Å²) in [5.41, 5.74) is 1.72. The summed E-state index contributed by atoms with van der Waals surface area (Å²) < 4.78 is 5.34. The Kier molecular flexibility index (Phi) is 6.88. The van der Waals surface area contributed by atoms with Gasteiger partial charge in [-0.3, -0.25) is 4.99 Å². The molecule has 0 unspecified atom stereocenters. The highest BCUT2D eigenvalue weighted by Crippen LogP contribution is 2.12. The zero-order valence-corrected chi connectivity index (χ0v) is 14.9. The molecule has 0 aliphatic carbocycles. The molecular formula is C17H28N4O2. The first-order chi connectivity index (χ1) is 10.7. The van der Waals surface area contributed by atoms with Crippen LogP contribution in [-0.4, -0.2) is 43.7 Å². The molecule has 0 spiro atoms. The molecule has 0 saturated carbocycles. The van der Waals surface area contributed by atoms with E-state index in [0.29, 0.717) is 13.1 Å². The maximum Gasteiger partial charge on any atom is 0.410 e. The molecule has 0 aromatic heterocycles. The SMILES string of the molecule is CN=C(NC)NCc1ccc(CN(C)C(=O)OC(C)(C)C)cc1. The predicted molar refractivity (Wildman–Crippen MR) is 93.4 cm³/mol. The van der Waals surface area contributed by atoms with E-state index in [4.69, 9.17) is 4.74 Å². The Bertz CT molecular complexity index is 533. The highest BCUT2D eigenvalue weighted by molar-refractivity contribution is 5.79. The molecular weight excluding hydrogens is 292 g/mol. The molecule has 128 valence electrons. The monoisotopic (exact) mass is 320 g/mol. The number of amides is 1.